The van der Waals surface area contributed by atoms with Crippen molar-refractivity contribution in [1.29, 1.82) is 0 Å². The lowest BCUT2D eigenvalue weighted by Crippen LogP contribution is -2.14. The highest BCUT2D eigenvalue weighted by molar-refractivity contribution is 7.99. The number of hydrogen-bond donors (Lipinski definition) is 1. The van der Waals surface area contributed by atoms with Crippen LogP contribution in [0.25, 0.3) is 5.69 Å². The van der Waals surface area contributed by atoms with Gasteiger partial charge in [0.05, 0.1) is 10.7 Å². The van der Waals surface area contributed by atoms with E-state index in [0.29, 0.717) is 10.8 Å². The second-order valence-electron chi connectivity index (χ2n) is 5.99. The van der Waals surface area contributed by atoms with Gasteiger partial charge < -0.3 is 5.32 Å². The van der Waals surface area contributed by atoms with Crippen molar-refractivity contribution < 1.29 is 9.72 Å². The molecule has 0 aliphatic rings. The van der Waals surface area contributed by atoms with Gasteiger partial charge in [-0.15, -0.1) is 0 Å². The Morgan fingerprint density at radius 2 is 2.04 bits per heavy atom. The quantitative estimate of drug-likeness (QED) is 0.393. The third kappa shape index (κ3) is 4.53. The first-order valence-electron chi connectivity index (χ1n) is 8.22. The fourth-order valence-corrected chi connectivity index (χ4v) is 3.27. The summed E-state index contributed by atoms with van der Waals surface area (Å²) in [7, 11) is 0. The number of carbonyl (C=O) groups excluding carboxylic acids is 1. The van der Waals surface area contributed by atoms with Gasteiger partial charge in [0.25, 0.3) is 5.69 Å². The smallest absolute Gasteiger partial charge is 0.271 e. The third-order valence-electron chi connectivity index (χ3n) is 4.05. The zero-order valence-corrected chi connectivity index (χ0v) is 15.7. The number of amides is 1. The van der Waals surface area contributed by atoms with Crippen LogP contribution in [0.2, 0.25) is 0 Å². The van der Waals surface area contributed by atoms with E-state index in [0.717, 1.165) is 5.69 Å². The summed E-state index contributed by atoms with van der Waals surface area (Å²) in [5, 5.41) is 14.2. The number of benzene rings is 2. The Morgan fingerprint density at radius 1 is 1.22 bits per heavy atom. The van der Waals surface area contributed by atoms with Crippen molar-refractivity contribution in [1.82, 2.24) is 9.55 Å². The van der Waals surface area contributed by atoms with Crippen LogP contribution in [0.4, 0.5) is 11.4 Å². The molecule has 3 aromatic rings. The van der Waals surface area contributed by atoms with Crippen molar-refractivity contribution in [3.8, 4) is 5.69 Å². The van der Waals surface area contributed by atoms with Gasteiger partial charge in [-0.25, -0.2) is 4.98 Å². The average molecular weight is 382 g/mol. The predicted molar refractivity (Wildman–Crippen MR) is 105 cm³/mol. The molecule has 0 atom stereocenters. The highest BCUT2D eigenvalue weighted by Crippen LogP contribution is 2.23. The minimum Gasteiger partial charge on any atom is -0.325 e. The van der Waals surface area contributed by atoms with E-state index >= 15 is 0 Å². The predicted octanol–water partition coefficient (Wildman–Crippen LogP) is 4.13. The van der Waals surface area contributed by atoms with E-state index in [2.05, 4.69) is 30.2 Å². The number of aromatic nitrogens is 2. The number of anilines is 1. The Balaban J connectivity index is 1.66. The van der Waals surface area contributed by atoms with Gasteiger partial charge in [0, 0.05) is 35.9 Å². The fourth-order valence-electron chi connectivity index (χ4n) is 2.49. The number of imidazole rings is 1. The number of thioether (sulfide) groups is 1. The molecule has 0 fully saturated rings. The zero-order chi connectivity index (χ0) is 19.4. The Hall–Kier alpha value is -3.13. The van der Waals surface area contributed by atoms with Crippen molar-refractivity contribution in [3.05, 3.63) is 76.1 Å². The Labute approximate surface area is 160 Å². The summed E-state index contributed by atoms with van der Waals surface area (Å²) in [5.74, 6) is -0.111. The number of aryl methyl sites for hydroxylation is 2. The van der Waals surface area contributed by atoms with E-state index in [4.69, 9.17) is 0 Å². The number of hydrogen-bond acceptors (Lipinski definition) is 5. The van der Waals surface area contributed by atoms with E-state index in [9.17, 15) is 14.9 Å². The van der Waals surface area contributed by atoms with Crippen molar-refractivity contribution in [3.63, 3.8) is 0 Å². The summed E-state index contributed by atoms with van der Waals surface area (Å²) in [5.41, 5.74) is 3.71. The standard InChI is InChI=1S/C19H18N4O3S/c1-13-6-7-16(10-14(13)2)22-9-8-20-19(22)27-12-18(24)21-15-4-3-5-17(11-15)23(25)26/h3-11H,12H2,1-2H3,(H,21,24). The molecule has 138 valence electrons. The van der Waals surface area contributed by atoms with E-state index in [1.165, 1.54) is 41.1 Å². The first-order valence-corrected chi connectivity index (χ1v) is 9.20. The Bertz CT molecular complexity index is 1000. The van der Waals surface area contributed by atoms with Crippen LogP contribution in [0.5, 0.6) is 0 Å². The van der Waals surface area contributed by atoms with E-state index in [1.54, 1.807) is 12.3 Å². The van der Waals surface area contributed by atoms with Crippen molar-refractivity contribution in [2.45, 2.75) is 19.0 Å². The van der Waals surface area contributed by atoms with Gasteiger partial charge in [-0.3, -0.25) is 19.5 Å². The molecule has 1 aromatic heterocycles. The molecule has 1 heterocycles. The number of nitro benzene ring substituents is 1. The van der Waals surface area contributed by atoms with Gasteiger partial charge in [0.15, 0.2) is 5.16 Å². The topological polar surface area (TPSA) is 90.1 Å². The normalized spacial score (nSPS) is 10.6. The second-order valence-corrected chi connectivity index (χ2v) is 6.94. The molecule has 3 rings (SSSR count). The van der Waals surface area contributed by atoms with Gasteiger partial charge in [0.1, 0.15) is 0 Å². The number of rotatable bonds is 6. The summed E-state index contributed by atoms with van der Waals surface area (Å²) in [6.45, 7) is 4.11. The van der Waals surface area contributed by atoms with Crippen LogP contribution < -0.4 is 5.32 Å². The first-order chi connectivity index (χ1) is 12.9. The average Bonchev–Trinajstić information content (AvgIpc) is 3.11. The molecule has 7 nitrogen and oxygen atoms in total. The van der Waals surface area contributed by atoms with Gasteiger partial charge in [-0.2, -0.15) is 0 Å². The molecule has 0 aliphatic heterocycles. The van der Waals surface area contributed by atoms with Gasteiger partial charge in [-0.1, -0.05) is 23.9 Å². The molecule has 27 heavy (non-hydrogen) atoms. The third-order valence-corrected chi connectivity index (χ3v) is 5.02. The lowest BCUT2D eigenvalue weighted by Gasteiger charge is -2.10. The summed E-state index contributed by atoms with van der Waals surface area (Å²) >= 11 is 1.30. The molecule has 1 N–H and O–H groups in total. The molecule has 0 saturated heterocycles. The molecule has 8 heteroatoms. The second kappa shape index (κ2) is 8.05. The largest absolute Gasteiger partial charge is 0.325 e. The van der Waals surface area contributed by atoms with Gasteiger partial charge in [0.2, 0.25) is 5.91 Å². The maximum atomic E-state index is 12.2. The van der Waals surface area contributed by atoms with Crippen LogP contribution in [0.15, 0.2) is 60.0 Å². The minimum atomic E-state index is -0.495. The molecule has 0 spiro atoms. The van der Waals surface area contributed by atoms with Crippen molar-refractivity contribution >= 4 is 29.0 Å². The lowest BCUT2D eigenvalue weighted by molar-refractivity contribution is -0.384. The van der Waals surface area contributed by atoms with Crippen LogP contribution in [-0.4, -0.2) is 26.1 Å². The van der Waals surface area contributed by atoms with E-state index in [-0.39, 0.29) is 17.3 Å². The number of nitro groups is 1. The summed E-state index contributed by atoms with van der Waals surface area (Å²) in [6, 6.07) is 12.0. The van der Waals surface area contributed by atoms with Crippen LogP contribution >= 0.6 is 11.8 Å². The van der Waals surface area contributed by atoms with E-state index < -0.39 is 4.92 Å². The fraction of sp³-hybridized carbons (Fsp3) is 0.158. The molecule has 1 amide bonds. The number of nitrogens with one attached hydrogen (secondary N) is 1. The Kier molecular flexibility index (Phi) is 5.56. The maximum Gasteiger partial charge on any atom is 0.271 e. The molecule has 2 aromatic carbocycles. The van der Waals surface area contributed by atoms with Crippen LogP contribution in [0, 0.1) is 24.0 Å². The van der Waals surface area contributed by atoms with Gasteiger partial charge >= 0.3 is 0 Å². The van der Waals surface area contributed by atoms with Crippen molar-refractivity contribution in [2.24, 2.45) is 0 Å². The molecule has 0 saturated carbocycles. The molecular weight excluding hydrogens is 364 g/mol. The Morgan fingerprint density at radius 3 is 2.78 bits per heavy atom. The number of carbonyl (C=O) groups is 1. The molecule has 0 unspecified atom stereocenters. The van der Waals surface area contributed by atoms with Crippen LogP contribution in [-0.2, 0) is 4.79 Å². The number of nitrogens with zero attached hydrogens (tertiary/aromatic N) is 3. The monoisotopic (exact) mass is 382 g/mol. The molecule has 0 bridgehead atoms. The summed E-state index contributed by atoms with van der Waals surface area (Å²) < 4.78 is 1.93. The molecular formula is C19H18N4O3S. The zero-order valence-electron chi connectivity index (χ0n) is 14.9. The van der Waals surface area contributed by atoms with Crippen LogP contribution in [0.1, 0.15) is 11.1 Å². The first kappa shape index (κ1) is 18.7. The lowest BCUT2D eigenvalue weighted by atomic mass is 10.1. The van der Waals surface area contributed by atoms with Crippen molar-refractivity contribution in [2.75, 3.05) is 11.1 Å². The maximum absolute atomic E-state index is 12.2. The molecule has 0 aliphatic carbocycles. The summed E-state index contributed by atoms with van der Waals surface area (Å²) in [4.78, 5) is 26.8. The molecule has 0 radical (unpaired) electrons. The highest BCUT2D eigenvalue weighted by Gasteiger charge is 2.11. The SMILES string of the molecule is Cc1ccc(-n2ccnc2SCC(=O)Nc2cccc([N+](=O)[O-])c2)cc1C. The number of non-ortho nitro benzene ring substituents is 1. The van der Waals surface area contributed by atoms with Gasteiger partial charge in [-0.05, 0) is 43.2 Å². The van der Waals surface area contributed by atoms with E-state index in [1.807, 2.05) is 22.9 Å². The highest BCUT2D eigenvalue weighted by atomic mass is 32.2. The summed E-state index contributed by atoms with van der Waals surface area (Å²) in [6.07, 6.45) is 3.54. The van der Waals surface area contributed by atoms with Crippen LogP contribution in [0.3, 0.4) is 0 Å². The minimum absolute atomic E-state index is 0.0641.